The van der Waals surface area contributed by atoms with Gasteiger partial charge in [-0.05, 0) is 24.3 Å². The molecule has 0 aliphatic carbocycles. The van der Waals surface area contributed by atoms with Gasteiger partial charge in [-0.25, -0.2) is 9.97 Å². The van der Waals surface area contributed by atoms with Crippen molar-refractivity contribution in [3.05, 3.63) is 29.8 Å². The zero-order valence-electron chi connectivity index (χ0n) is 16.7. The maximum atomic E-state index is 11.5. The van der Waals surface area contributed by atoms with Crippen molar-refractivity contribution in [3.63, 3.8) is 0 Å². The lowest BCUT2D eigenvalue weighted by Crippen LogP contribution is -2.39. The second kappa shape index (κ2) is 8.62. The predicted molar refractivity (Wildman–Crippen MR) is 114 cm³/mol. The molecule has 156 valence electrons. The van der Waals surface area contributed by atoms with Crippen molar-refractivity contribution < 1.29 is 14.3 Å². The van der Waals surface area contributed by atoms with E-state index >= 15 is 0 Å². The van der Waals surface area contributed by atoms with Gasteiger partial charge in [0.25, 0.3) is 0 Å². The predicted octanol–water partition coefficient (Wildman–Crippen LogP) is 2.38. The number of primary amides is 1. The minimum absolute atomic E-state index is 0.0850. The molecule has 2 N–H and O–H groups in total. The summed E-state index contributed by atoms with van der Waals surface area (Å²) in [5.74, 6) is 0.694. The molecule has 1 amide bonds. The van der Waals surface area contributed by atoms with E-state index in [9.17, 15) is 4.79 Å². The van der Waals surface area contributed by atoms with E-state index in [0.717, 1.165) is 16.1 Å². The van der Waals surface area contributed by atoms with Gasteiger partial charge in [0.15, 0.2) is 0 Å². The molecular formula is C20H22N6O3S. The molecule has 0 atom stereocenters. The second-order valence-electron chi connectivity index (χ2n) is 6.86. The number of nitrogens with zero attached hydrogens (tertiary/aromatic N) is 5. The number of carbonyl (C=O) groups excluding carboxylic acids is 1. The van der Waals surface area contributed by atoms with E-state index < -0.39 is 0 Å². The zero-order chi connectivity index (χ0) is 21.1. The minimum Gasteiger partial charge on any atom is -0.481 e. The number of hydrogen-bond acceptors (Lipinski definition) is 9. The summed E-state index contributed by atoms with van der Waals surface area (Å²) in [7, 11) is 3.05. The van der Waals surface area contributed by atoms with Gasteiger partial charge in [-0.3, -0.25) is 4.79 Å². The van der Waals surface area contributed by atoms with Crippen molar-refractivity contribution in [1.29, 1.82) is 0 Å². The third-order valence-electron chi connectivity index (χ3n) is 5.06. The van der Waals surface area contributed by atoms with Crippen LogP contribution in [0.3, 0.4) is 0 Å². The van der Waals surface area contributed by atoms with Crippen LogP contribution in [-0.2, 0) is 4.79 Å². The van der Waals surface area contributed by atoms with Gasteiger partial charge in [0.2, 0.25) is 17.7 Å². The molecule has 4 rings (SSSR count). The van der Waals surface area contributed by atoms with Crippen LogP contribution in [0.25, 0.3) is 21.8 Å². The smallest absolute Gasteiger partial charge is 0.320 e. The highest BCUT2D eigenvalue weighted by Gasteiger charge is 2.25. The van der Waals surface area contributed by atoms with Crippen LogP contribution in [0.4, 0.5) is 5.95 Å². The van der Waals surface area contributed by atoms with Gasteiger partial charge in [0.1, 0.15) is 0 Å². The first-order valence-corrected chi connectivity index (χ1v) is 10.4. The Hall–Kier alpha value is -3.27. The number of hydrogen-bond donors (Lipinski definition) is 1. The molecule has 1 fully saturated rings. The Labute approximate surface area is 177 Å². The van der Waals surface area contributed by atoms with Crippen LogP contribution < -0.4 is 20.1 Å². The summed E-state index contributed by atoms with van der Waals surface area (Å²) in [4.78, 5) is 32.6. The van der Waals surface area contributed by atoms with Gasteiger partial charge in [0.05, 0.1) is 30.5 Å². The van der Waals surface area contributed by atoms with Crippen molar-refractivity contribution in [2.24, 2.45) is 11.7 Å². The highest BCUT2D eigenvalue weighted by Crippen LogP contribution is 2.35. The fourth-order valence-electron chi connectivity index (χ4n) is 3.42. The van der Waals surface area contributed by atoms with Gasteiger partial charge < -0.3 is 20.1 Å². The number of nitrogens with two attached hydrogens (primary N) is 1. The van der Waals surface area contributed by atoms with Gasteiger partial charge in [-0.1, -0.05) is 6.07 Å². The molecule has 4 heterocycles. The summed E-state index contributed by atoms with van der Waals surface area (Å²) < 4.78 is 10.5. The molecule has 0 radical (unpaired) electrons. The molecule has 0 spiro atoms. The first-order valence-electron chi connectivity index (χ1n) is 9.51. The second-order valence-corrected chi connectivity index (χ2v) is 7.80. The lowest BCUT2D eigenvalue weighted by atomic mass is 9.96. The molecule has 1 aliphatic rings. The fraction of sp³-hybridized carbons (Fsp3) is 0.350. The summed E-state index contributed by atoms with van der Waals surface area (Å²) in [5, 5.41) is 2.00. The van der Waals surface area contributed by atoms with Crippen LogP contribution >= 0.6 is 11.3 Å². The van der Waals surface area contributed by atoms with E-state index in [1.807, 2.05) is 17.5 Å². The zero-order valence-corrected chi connectivity index (χ0v) is 17.6. The maximum absolute atomic E-state index is 11.5. The van der Waals surface area contributed by atoms with Crippen LogP contribution in [0, 0.1) is 5.92 Å². The first kappa shape index (κ1) is 20.0. The molecule has 3 aromatic rings. The molecule has 1 aliphatic heterocycles. The molecule has 0 unspecified atom stereocenters. The SMILES string of the molecule is COc1cc(-c2cnc(N3CCC(C(N)=O)CC3)nc2-c2cccs2)nc(OC)n1. The minimum atomic E-state index is -0.239. The lowest BCUT2D eigenvalue weighted by molar-refractivity contribution is -0.122. The third kappa shape index (κ3) is 4.04. The normalized spacial score (nSPS) is 14.5. The Morgan fingerprint density at radius 2 is 2.00 bits per heavy atom. The number of thiophene rings is 1. The largest absolute Gasteiger partial charge is 0.481 e. The Morgan fingerprint density at radius 3 is 2.63 bits per heavy atom. The van der Waals surface area contributed by atoms with Crippen molar-refractivity contribution in [2.45, 2.75) is 12.8 Å². The molecule has 0 saturated carbocycles. The van der Waals surface area contributed by atoms with E-state index in [1.54, 1.807) is 30.7 Å². The molecule has 3 aromatic heterocycles. The monoisotopic (exact) mass is 426 g/mol. The Bertz CT molecular complexity index is 1010. The Morgan fingerprint density at radius 1 is 1.20 bits per heavy atom. The van der Waals surface area contributed by atoms with E-state index in [-0.39, 0.29) is 17.8 Å². The molecule has 0 aromatic carbocycles. The Balaban J connectivity index is 1.73. The van der Waals surface area contributed by atoms with Crippen LogP contribution in [0.2, 0.25) is 0 Å². The average Bonchev–Trinajstić information content (AvgIpc) is 3.33. The standard InChI is InChI=1S/C20H22N6O3S/c1-28-16-10-14(23-20(24-16)29-2)13-11-22-19(25-17(13)15-4-3-9-30-15)26-7-5-12(6-8-26)18(21)27/h3-4,9-12H,5-8H2,1-2H3,(H2,21,27). The van der Waals surface area contributed by atoms with Crippen molar-refractivity contribution in [2.75, 3.05) is 32.2 Å². The summed E-state index contributed by atoms with van der Waals surface area (Å²) in [6, 6.07) is 5.93. The van der Waals surface area contributed by atoms with Crippen molar-refractivity contribution in [1.82, 2.24) is 19.9 Å². The highest BCUT2D eigenvalue weighted by atomic mass is 32.1. The van der Waals surface area contributed by atoms with Crippen LogP contribution in [-0.4, -0.2) is 53.2 Å². The number of piperidine rings is 1. The third-order valence-corrected chi connectivity index (χ3v) is 5.94. The summed E-state index contributed by atoms with van der Waals surface area (Å²) >= 11 is 1.59. The topological polar surface area (TPSA) is 116 Å². The summed E-state index contributed by atoms with van der Waals surface area (Å²) in [6.45, 7) is 1.37. The van der Waals surface area contributed by atoms with Crippen LogP contribution in [0.1, 0.15) is 12.8 Å². The molecule has 0 bridgehead atoms. The number of anilines is 1. The van der Waals surface area contributed by atoms with Gasteiger partial charge in [-0.2, -0.15) is 9.97 Å². The number of methoxy groups -OCH3 is 2. The number of aromatic nitrogens is 4. The lowest BCUT2D eigenvalue weighted by Gasteiger charge is -2.30. The number of amides is 1. The summed E-state index contributed by atoms with van der Waals surface area (Å²) in [6.07, 6.45) is 3.17. The fourth-order valence-corrected chi connectivity index (χ4v) is 4.14. The number of rotatable bonds is 6. The number of ether oxygens (including phenoxy) is 2. The van der Waals surface area contributed by atoms with Gasteiger partial charge in [0, 0.05) is 36.8 Å². The summed E-state index contributed by atoms with van der Waals surface area (Å²) in [5.41, 5.74) is 7.59. The maximum Gasteiger partial charge on any atom is 0.320 e. The quantitative estimate of drug-likeness (QED) is 0.639. The molecule has 9 nitrogen and oxygen atoms in total. The van der Waals surface area contributed by atoms with Gasteiger partial charge >= 0.3 is 6.01 Å². The molecule has 30 heavy (non-hydrogen) atoms. The van der Waals surface area contributed by atoms with Gasteiger partial charge in [-0.15, -0.1) is 11.3 Å². The van der Waals surface area contributed by atoms with Crippen molar-refractivity contribution in [3.8, 4) is 33.7 Å². The van der Waals surface area contributed by atoms with Crippen molar-refractivity contribution >= 4 is 23.2 Å². The van der Waals surface area contributed by atoms with E-state index in [4.69, 9.17) is 20.2 Å². The van der Waals surface area contributed by atoms with E-state index in [0.29, 0.717) is 43.5 Å². The molecule has 10 heteroatoms. The Kier molecular flexibility index (Phi) is 5.75. The highest BCUT2D eigenvalue weighted by molar-refractivity contribution is 7.13. The van der Waals surface area contributed by atoms with E-state index in [1.165, 1.54) is 7.11 Å². The first-order chi connectivity index (χ1) is 14.6. The average molecular weight is 427 g/mol. The van der Waals surface area contributed by atoms with Crippen LogP contribution in [0.15, 0.2) is 29.8 Å². The molecule has 1 saturated heterocycles. The molecular weight excluding hydrogens is 404 g/mol. The number of carbonyl (C=O) groups is 1. The van der Waals surface area contributed by atoms with E-state index in [2.05, 4.69) is 19.9 Å². The van der Waals surface area contributed by atoms with Crippen LogP contribution in [0.5, 0.6) is 11.9 Å².